The lowest BCUT2D eigenvalue weighted by Crippen LogP contribution is -2.57. The van der Waals surface area contributed by atoms with Gasteiger partial charge in [0.15, 0.2) is 0 Å². The summed E-state index contributed by atoms with van der Waals surface area (Å²) in [5.74, 6) is 4.58. The van der Waals surface area contributed by atoms with Crippen LogP contribution in [-0.4, -0.2) is 17.0 Å². The van der Waals surface area contributed by atoms with E-state index in [9.17, 15) is 9.90 Å². The maximum Gasteiger partial charge on any atom is 0.133 e. The summed E-state index contributed by atoms with van der Waals surface area (Å²) in [6.45, 7) is 9.31. The molecule has 2 nitrogen and oxygen atoms in total. The van der Waals surface area contributed by atoms with Gasteiger partial charge in [-0.15, -0.1) is 0 Å². The molecule has 4 aliphatic rings. The smallest absolute Gasteiger partial charge is 0.133 e. The maximum atomic E-state index is 12.3. The number of hydrogen-bond acceptors (Lipinski definition) is 2. The van der Waals surface area contributed by atoms with Crippen molar-refractivity contribution in [2.75, 3.05) is 0 Å². The van der Waals surface area contributed by atoms with Crippen LogP contribution in [0.15, 0.2) is 0 Å². The molecule has 2 heteroatoms. The predicted molar refractivity (Wildman–Crippen MR) is 96.5 cm³/mol. The zero-order chi connectivity index (χ0) is 17.3. The highest BCUT2D eigenvalue weighted by Crippen LogP contribution is 2.68. The zero-order valence-electron chi connectivity index (χ0n) is 16.1. The Morgan fingerprint density at radius 1 is 1.04 bits per heavy atom. The van der Waals surface area contributed by atoms with Crippen LogP contribution in [0.1, 0.15) is 79.1 Å². The van der Waals surface area contributed by atoms with Gasteiger partial charge < -0.3 is 5.11 Å². The molecule has 0 heterocycles. The number of Topliss-reactive ketones (excluding diaryl/α,β-unsaturated/α-hetero) is 1. The molecule has 24 heavy (non-hydrogen) atoms. The van der Waals surface area contributed by atoms with Gasteiger partial charge in [-0.2, -0.15) is 0 Å². The van der Waals surface area contributed by atoms with Crippen molar-refractivity contribution in [1.29, 1.82) is 0 Å². The average molecular weight is 333 g/mol. The van der Waals surface area contributed by atoms with E-state index in [1.54, 1.807) is 0 Å². The third-order valence-electron chi connectivity index (χ3n) is 9.37. The molecule has 0 saturated heterocycles. The van der Waals surface area contributed by atoms with Gasteiger partial charge in [-0.25, -0.2) is 0 Å². The van der Waals surface area contributed by atoms with Crippen LogP contribution in [0.25, 0.3) is 0 Å². The van der Waals surface area contributed by atoms with Gasteiger partial charge in [0.2, 0.25) is 0 Å². The summed E-state index contributed by atoms with van der Waals surface area (Å²) < 4.78 is 0. The fourth-order valence-electron chi connectivity index (χ4n) is 8.62. The summed E-state index contributed by atoms with van der Waals surface area (Å²) in [7, 11) is 0. The Hall–Kier alpha value is -0.370. The van der Waals surface area contributed by atoms with Crippen LogP contribution in [-0.2, 0) is 4.79 Å². The number of fused-ring (bicyclic) bond motifs is 5. The van der Waals surface area contributed by atoms with Crippen LogP contribution in [0, 0.1) is 46.3 Å². The number of hydrogen-bond donors (Lipinski definition) is 1. The zero-order valence-corrected chi connectivity index (χ0v) is 16.1. The van der Waals surface area contributed by atoms with Crippen LogP contribution < -0.4 is 0 Å². The summed E-state index contributed by atoms with van der Waals surface area (Å²) >= 11 is 0. The molecule has 0 radical (unpaired) electrons. The largest absolute Gasteiger partial charge is 0.393 e. The van der Waals surface area contributed by atoms with E-state index in [1.165, 1.54) is 32.1 Å². The number of carbonyl (C=O) groups is 1. The molecule has 4 rings (SSSR count). The Bertz CT molecular complexity index is 528. The number of aliphatic hydroxyl groups excluding tert-OH is 1. The standard InChI is InChI=1S/C22H36O2/c1-13-12-22(4)18(14(2)23)7-8-19(22)17-6-5-15-11-16(24)9-10-21(15,3)20(13)17/h13,15-20,24H,5-12H2,1-4H3/t13-,15+,16+,17-,18+,19-,20-,21-,22+/m0/s1. The molecule has 4 fully saturated rings. The van der Waals surface area contributed by atoms with E-state index in [4.69, 9.17) is 0 Å². The molecule has 0 spiro atoms. The molecule has 0 unspecified atom stereocenters. The summed E-state index contributed by atoms with van der Waals surface area (Å²) in [5.41, 5.74) is 0.682. The van der Waals surface area contributed by atoms with Crippen molar-refractivity contribution in [3.63, 3.8) is 0 Å². The van der Waals surface area contributed by atoms with Crippen molar-refractivity contribution in [3.05, 3.63) is 0 Å². The molecular weight excluding hydrogens is 296 g/mol. The number of carbonyl (C=O) groups excluding carboxylic acids is 1. The second-order valence-electron chi connectivity index (χ2n) is 10.4. The molecular formula is C22H36O2. The first-order valence-corrected chi connectivity index (χ1v) is 10.5. The van der Waals surface area contributed by atoms with E-state index in [0.29, 0.717) is 17.1 Å². The van der Waals surface area contributed by atoms with Gasteiger partial charge in [-0.1, -0.05) is 20.8 Å². The average Bonchev–Trinajstić information content (AvgIpc) is 2.84. The minimum Gasteiger partial charge on any atom is -0.393 e. The van der Waals surface area contributed by atoms with Crippen molar-refractivity contribution >= 4 is 5.78 Å². The number of ketones is 1. The molecule has 0 aliphatic heterocycles. The Kier molecular flexibility index (Phi) is 3.95. The lowest BCUT2D eigenvalue weighted by Gasteiger charge is -2.63. The van der Waals surface area contributed by atoms with Crippen LogP contribution in [0.5, 0.6) is 0 Å². The normalized spacial score (nSPS) is 57.0. The molecule has 0 aromatic carbocycles. The molecule has 1 N–H and O–H groups in total. The van der Waals surface area contributed by atoms with E-state index in [1.807, 2.05) is 6.92 Å². The molecule has 0 amide bonds. The first kappa shape index (κ1) is 17.1. The summed E-state index contributed by atoms with van der Waals surface area (Å²) in [4.78, 5) is 12.3. The molecule has 4 saturated carbocycles. The Balaban J connectivity index is 1.67. The minimum absolute atomic E-state index is 0.0580. The van der Waals surface area contributed by atoms with Gasteiger partial charge in [-0.3, -0.25) is 4.79 Å². The molecule has 136 valence electrons. The van der Waals surface area contributed by atoms with Gasteiger partial charge in [0.1, 0.15) is 5.78 Å². The Morgan fingerprint density at radius 3 is 2.50 bits per heavy atom. The molecule has 4 aliphatic carbocycles. The molecule has 0 bridgehead atoms. The van der Waals surface area contributed by atoms with Gasteiger partial charge in [0.25, 0.3) is 0 Å². The van der Waals surface area contributed by atoms with Crippen molar-refractivity contribution in [1.82, 2.24) is 0 Å². The highest BCUT2D eigenvalue weighted by molar-refractivity contribution is 5.79. The van der Waals surface area contributed by atoms with Crippen molar-refractivity contribution in [2.24, 2.45) is 46.3 Å². The first-order valence-electron chi connectivity index (χ1n) is 10.5. The van der Waals surface area contributed by atoms with E-state index in [2.05, 4.69) is 20.8 Å². The fourth-order valence-corrected chi connectivity index (χ4v) is 8.62. The predicted octanol–water partition coefficient (Wildman–Crippen LogP) is 4.84. The second kappa shape index (κ2) is 5.56. The lowest BCUT2D eigenvalue weighted by molar-refractivity contribution is -0.154. The third kappa shape index (κ3) is 2.20. The van der Waals surface area contributed by atoms with Crippen molar-refractivity contribution < 1.29 is 9.90 Å². The van der Waals surface area contributed by atoms with Crippen LogP contribution in [0.2, 0.25) is 0 Å². The lowest BCUT2D eigenvalue weighted by atomic mass is 9.42. The number of rotatable bonds is 1. The highest BCUT2D eigenvalue weighted by Gasteiger charge is 2.62. The highest BCUT2D eigenvalue weighted by atomic mass is 16.3. The third-order valence-corrected chi connectivity index (χ3v) is 9.37. The fraction of sp³-hybridized carbons (Fsp3) is 0.955. The molecule has 9 atom stereocenters. The van der Waals surface area contributed by atoms with E-state index in [-0.39, 0.29) is 11.5 Å². The second-order valence-corrected chi connectivity index (χ2v) is 10.4. The molecule has 0 aromatic heterocycles. The quantitative estimate of drug-likeness (QED) is 0.746. The Labute approximate surface area is 147 Å². The molecule has 0 aromatic rings. The van der Waals surface area contributed by atoms with Gasteiger partial charge in [0.05, 0.1) is 6.10 Å². The summed E-state index contributed by atoms with van der Waals surface area (Å²) in [6.07, 6.45) is 9.48. The van der Waals surface area contributed by atoms with Crippen molar-refractivity contribution in [3.8, 4) is 0 Å². The minimum atomic E-state index is -0.0580. The number of aliphatic hydroxyl groups is 1. The van der Waals surface area contributed by atoms with E-state index >= 15 is 0 Å². The maximum absolute atomic E-state index is 12.3. The SMILES string of the molecule is CC(=O)[C@H]1CC[C@H]2[C@@H]3CC[C@@H]4C[C@H](O)CC[C@]4(C)[C@H]3[C@@H](C)C[C@]12C. The van der Waals surface area contributed by atoms with Gasteiger partial charge >= 0.3 is 0 Å². The van der Waals surface area contributed by atoms with Gasteiger partial charge in [-0.05, 0) is 98.7 Å². The van der Waals surface area contributed by atoms with Crippen LogP contribution >= 0.6 is 0 Å². The van der Waals surface area contributed by atoms with Crippen LogP contribution in [0.4, 0.5) is 0 Å². The van der Waals surface area contributed by atoms with E-state index in [0.717, 1.165) is 48.9 Å². The summed E-state index contributed by atoms with van der Waals surface area (Å²) in [6, 6.07) is 0. The van der Waals surface area contributed by atoms with E-state index < -0.39 is 0 Å². The topological polar surface area (TPSA) is 37.3 Å². The van der Waals surface area contributed by atoms with Crippen LogP contribution in [0.3, 0.4) is 0 Å². The first-order chi connectivity index (χ1) is 11.3. The van der Waals surface area contributed by atoms with Crippen molar-refractivity contribution in [2.45, 2.75) is 85.2 Å². The van der Waals surface area contributed by atoms with Gasteiger partial charge in [0, 0.05) is 5.92 Å². The summed E-state index contributed by atoms with van der Waals surface area (Å²) in [5, 5.41) is 10.2. The Morgan fingerprint density at radius 2 is 1.79 bits per heavy atom. The monoisotopic (exact) mass is 332 g/mol.